The van der Waals surface area contributed by atoms with Gasteiger partial charge in [-0.15, -0.1) is 0 Å². The third-order valence-corrected chi connectivity index (χ3v) is 3.47. The first-order valence-electron chi connectivity index (χ1n) is 6.53. The molecular formula is C14H21NO3. The Labute approximate surface area is 108 Å². The number of aryl methyl sites for hydroxylation is 1. The Morgan fingerprint density at radius 2 is 2.28 bits per heavy atom. The number of ether oxygens (including phenoxy) is 1. The molecule has 0 aliphatic heterocycles. The summed E-state index contributed by atoms with van der Waals surface area (Å²) in [6.07, 6.45) is 3.23. The molecule has 0 spiro atoms. The van der Waals surface area contributed by atoms with Crippen molar-refractivity contribution in [3.63, 3.8) is 0 Å². The van der Waals surface area contributed by atoms with Crippen LogP contribution in [-0.2, 0) is 16.1 Å². The number of carbonyl (C=O) groups excluding carboxylic acids is 1. The van der Waals surface area contributed by atoms with Crippen LogP contribution in [0.1, 0.15) is 30.8 Å². The van der Waals surface area contributed by atoms with Crippen molar-refractivity contribution in [1.29, 1.82) is 0 Å². The van der Waals surface area contributed by atoms with Gasteiger partial charge in [0.05, 0.1) is 13.2 Å². The highest BCUT2D eigenvalue weighted by molar-refractivity contribution is 5.79. The number of furan rings is 1. The lowest BCUT2D eigenvalue weighted by molar-refractivity contribution is -0.139. The Morgan fingerprint density at radius 1 is 1.50 bits per heavy atom. The normalized spacial score (nSPS) is 15.4. The zero-order valence-corrected chi connectivity index (χ0v) is 11.1. The Bertz CT molecular complexity index is 395. The van der Waals surface area contributed by atoms with Crippen LogP contribution in [0.2, 0.25) is 0 Å². The number of hydrogen-bond donors (Lipinski definition) is 0. The van der Waals surface area contributed by atoms with Crippen molar-refractivity contribution in [2.45, 2.75) is 32.7 Å². The number of nitrogens with zero attached hydrogens (tertiary/aromatic N) is 1. The maximum absolute atomic E-state index is 12.3. The van der Waals surface area contributed by atoms with E-state index in [9.17, 15) is 4.79 Å². The van der Waals surface area contributed by atoms with Crippen LogP contribution < -0.4 is 0 Å². The zero-order valence-electron chi connectivity index (χ0n) is 11.1. The van der Waals surface area contributed by atoms with Gasteiger partial charge in [-0.25, -0.2) is 0 Å². The number of methoxy groups -OCH3 is 1. The predicted octanol–water partition coefficient (Wildman–Crippen LogP) is 2.36. The van der Waals surface area contributed by atoms with Crippen molar-refractivity contribution in [1.82, 2.24) is 4.90 Å². The average Bonchev–Trinajstić information content (AvgIpc) is 2.67. The van der Waals surface area contributed by atoms with Gasteiger partial charge in [0, 0.05) is 19.6 Å². The summed E-state index contributed by atoms with van der Waals surface area (Å²) in [4.78, 5) is 14.1. The molecule has 1 aromatic heterocycles. The first-order chi connectivity index (χ1) is 8.70. The molecule has 18 heavy (non-hydrogen) atoms. The fourth-order valence-electron chi connectivity index (χ4n) is 2.14. The highest BCUT2D eigenvalue weighted by atomic mass is 16.5. The van der Waals surface area contributed by atoms with E-state index in [0.29, 0.717) is 19.7 Å². The van der Waals surface area contributed by atoms with Crippen LogP contribution in [0.3, 0.4) is 0 Å². The lowest BCUT2D eigenvalue weighted by Crippen LogP contribution is -2.40. The first kappa shape index (κ1) is 13.1. The first-order valence-corrected chi connectivity index (χ1v) is 6.53. The molecule has 2 rings (SSSR count). The lowest BCUT2D eigenvalue weighted by atomic mass is 9.84. The second-order valence-corrected chi connectivity index (χ2v) is 4.89. The van der Waals surface area contributed by atoms with Crippen LogP contribution in [0.15, 0.2) is 16.5 Å². The Morgan fingerprint density at radius 3 is 2.78 bits per heavy atom. The smallest absolute Gasteiger partial charge is 0.226 e. The third-order valence-electron chi connectivity index (χ3n) is 3.47. The van der Waals surface area contributed by atoms with E-state index in [1.807, 2.05) is 24.0 Å². The maximum Gasteiger partial charge on any atom is 0.226 e. The van der Waals surface area contributed by atoms with Crippen LogP contribution in [0.25, 0.3) is 0 Å². The van der Waals surface area contributed by atoms with E-state index in [2.05, 4.69) is 0 Å². The molecule has 1 heterocycles. The van der Waals surface area contributed by atoms with E-state index in [1.165, 1.54) is 6.42 Å². The number of rotatable bonds is 6. The van der Waals surface area contributed by atoms with E-state index in [4.69, 9.17) is 9.15 Å². The molecular weight excluding hydrogens is 230 g/mol. The molecule has 100 valence electrons. The molecule has 4 nitrogen and oxygen atoms in total. The molecule has 1 aromatic rings. The van der Waals surface area contributed by atoms with E-state index in [1.54, 1.807) is 7.11 Å². The van der Waals surface area contributed by atoms with Gasteiger partial charge in [-0.3, -0.25) is 4.79 Å². The molecule has 1 aliphatic rings. The highest BCUT2D eigenvalue weighted by Crippen LogP contribution is 2.28. The second kappa shape index (κ2) is 6.05. The summed E-state index contributed by atoms with van der Waals surface area (Å²) < 4.78 is 10.6. The summed E-state index contributed by atoms with van der Waals surface area (Å²) in [5, 5.41) is 0. The van der Waals surface area contributed by atoms with Gasteiger partial charge < -0.3 is 14.1 Å². The molecule has 0 radical (unpaired) electrons. The van der Waals surface area contributed by atoms with E-state index < -0.39 is 0 Å². The summed E-state index contributed by atoms with van der Waals surface area (Å²) in [5.41, 5.74) is 0. The third kappa shape index (κ3) is 3.13. The average molecular weight is 251 g/mol. The number of hydrogen-bond acceptors (Lipinski definition) is 3. The minimum atomic E-state index is 0.220. The molecule has 0 atom stereocenters. The SMILES string of the molecule is COCCN(Cc1ccc(C)o1)C(=O)C1CCC1. The largest absolute Gasteiger partial charge is 0.464 e. The van der Waals surface area contributed by atoms with E-state index >= 15 is 0 Å². The van der Waals surface area contributed by atoms with Crippen molar-refractivity contribution in [3.8, 4) is 0 Å². The summed E-state index contributed by atoms with van der Waals surface area (Å²) in [7, 11) is 1.66. The summed E-state index contributed by atoms with van der Waals surface area (Å²) >= 11 is 0. The van der Waals surface area contributed by atoms with Crippen molar-refractivity contribution in [2.75, 3.05) is 20.3 Å². The van der Waals surface area contributed by atoms with Crippen LogP contribution in [0.4, 0.5) is 0 Å². The van der Waals surface area contributed by atoms with Crippen LogP contribution >= 0.6 is 0 Å². The molecule has 1 saturated carbocycles. The topological polar surface area (TPSA) is 42.7 Å². The Balaban J connectivity index is 1.97. The van der Waals surface area contributed by atoms with Crippen molar-refractivity contribution < 1.29 is 13.9 Å². The van der Waals surface area contributed by atoms with Crippen LogP contribution in [0, 0.1) is 12.8 Å². The Kier molecular flexibility index (Phi) is 4.42. The lowest BCUT2D eigenvalue weighted by Gasteiger charge is -2.31. The van der Waals surface area contributed by atoms with Gasteiger partial charge in [0.15, 0.2) is 0 Å². The summed E-state index contributed by atoms with van der Waals surface area (Å²) in [6, 6.07) is 3.86. The zero-order chi connectivity index (χ0) is 13.0. The van der Waals surface area contributed by atoms with Gasteiger partial charge in [0.2, 0.25) is 5.91 Å². The fraction of sp³-hybridized carbons (Fsp3) is 0.643. The van der Waals surface area contributed by atoms with Gasteiger partial charge >= 0.3 is 0 Å². The molecule has 4 heteroatoms. The van der Waals surface area contributed by atoms with Gasteiger partial charge in [-0.05, 0) is 31.9 Å². The monoisotopic (exact) mass is 251 g/mol. The molecule has 0 N–H and O–H groups in total. The number of carbonyl (C=O) groups is 1. The van der Waals surface area contributed by atoms with E-state index in [0.717, 1.165) is 24.4 Å². The minimum Gasteiger partial charge on any atom is -0.464 e. The molecule has 1 fully saturated rings. The highest BCUT2D eigenvalue weighted by Gasteiger charge is 2.29. The second-order valence-electron chi connectivity index (χ2n) is 4.89. The van der Waals surface area contributed by atoms with E-state index in [-0.39, 0.29) is 11.8 Å². The van der Waals surface area contributed by atoms with Gasteiger partial charge in [-0.1, -0.05) is 6.42 Å². The van der Waals surface area contributed by atoms with Gasteiger partial charge in [0.25, 0.3) is 0 Å². The molecule has 0 unspecified atom stereocenters. The van der Waals surface area contributed by atoms with Crippen LogP contribution in [-0.4, -0.2) is 31.1 Å². The molecule has 0 saturated heterocycles. The van der Waals surface area contributed by atoms with Gasteiger partial charge in [-0.2, -0.15) is 0 Å². The van der Waals surface area contributed by atoms with Crippen molar-refractivity contribution in [2.24, 2.45) is 5.92 Å². The molecule has 0 aromatic carbocycles. The van der Waals surface area contributed by atoms with Gasteiger partial charge in [0.1, 0.15) is 11.5 Å². The quantitative estimate of drug-likeness (QED) is 0.779. The number of amides is 1. The Hall–Kier alpha value is -1.29. The fourth-order valence-corrected chi connectivity index (χ4v) is 2.14. The maximum atomic E-state index is 12.3. The molecule has 0 bridgehead atoms. The molecule has 1 aliphatic carbocycles. The summed E-state index contributed by atoms with van der Waals surface area (Å²) in [6.45, 7) is 3.66. The molecule has 1 amide bonds. The van der Waals surface area contributed by atoms with Crippen LogP contribution in [0.5, 0.6) is 0 Å². The minimum absolute atomic E-state index is 0.220. The predicted molar refractivity (Wildman–Crippen MR) is 68.1 cm³/mol. The standard InChI is InChI=1S/C14H21NO3/c1-11-6-7-13(18-11)10-15(8-9-17-2)14(16)12-4-3-5-12/h6-7,12H,3-5,8-10H2,1-2H3. The van der Waals surface area contributed by atoms with Crippen molar-refractivity contribution in [3.05, 3.63) is 23.7 Å². The summed E-state index contributed by atoms with van der Waals surface area (Å²) in [5.74, 6) is 2.19. The van der Waals surface area contributed by atoms with Crippen molar-refractivity contribution >= 4 is 5.91 Å².